The van der Waals surface area contributed by atoms with Crippen LogP contribution in [0.25, 0.3) is 10.1 Å². The van der Waals surface area contributed by atoms with Crippen LogP contribution in [-0.4, -0.2) is 11.0 Å². The Balaban J connectivity index is 1.77. The summed E-state index contributed by atoms with van der Waals surface area (Å²) >= 11 is 7.35. The fraction of sp³-hybridized carbons (Fsp3) is 0.0625. The van der Waals surface area contributed by atoms with Crippen molar-refractivity contribution in [2.75, 3.05) is 0 Å². The van der Waals surface area contributed by atoms with Crippen LogP contribution in [0.1, 0.15) is 15.9 Å². The lowest BCUT2D eigenvalue weighted by Crippen LogP contribution is -2.22. The van der Waals surface area contributed by atoms with E-state index < -0.39 is 0 Å². The van der Waals surface area contributed by atoms with Crippen LogP contribution in [-0.2, 0) is 6.54 Å². The van der Waals surface area contributed by atoms with Gasteiger partial charge in [0, 0.05) is 21.7 Å². The SMILES string of the molecule is O=C(NCc1ccc(Cl)cc1)c1ccc2sccc2c1O. The molecule has 1 amide bonds. The second kappa shape index (κ2) is 5.76. The van der Waals surface area contributed by atoms with E-state index in [0.29, 0.717) is 17.0 Å². The maximum atomic E-state index is 12.2. The maximum absolute atomic E-state index is 12.2. The van der Waals surface area contributed by atoms with Crippen LogP contribution in [0.3, 0.4) is 0 Å². The van der Waals surface area contributed by atoms with Crippen molar-refractivity contribution in [3.05, 3.63) is 64.0 Å². The third kappa shape index (κ3) is 2.86. The number of phenolic OH excluding ortho intramolecular Hbond substituents is 1. The minimum absolute atomic E-state index is 0.0300. The van der Waals surface area contributed by atoms with Gasteiger partial charge in [0.1, 0.15) is 5.75 Å². The van der Waals surface area contributed by atoms with Crippen LogP contribution in [0.5, 0.6) is 5.75 Å². The van der Waals surface area contributed by atoms with Crippen molar-refractivity contribution < 1.29 is 9.90 Å². The van der Waals surface area contributed by atoms with Crippen molar-refractivity contribution in [2.24, 2.45) is 0 Å². The van der Waals surface area contributed by atoms with Gasteiger partial charge in [-0.05, 0) is 41.3 Å². The Morgan fingerprint density at radius 1 is 1.14 bits per heavy atom. The van der Waals surface area contributed by atoms with Gasteiger partial charge in [-0.15, -0.1) is 11.3 Å². The third-order valence-corrected chi connectivity index (χ3v) is 4.35. The van der Waals surface area contributed by atoms with E-state index in [2.05, 4.69) is 5.32 Å². The number of hydrogen-bond acceptors (Lipinski definition) is 3. The Bertz CT molecular complexity index is 796. The van der Waals surface area contributed by atoms with Crippen molar-refractivity contribution >= 4 is 38.9 Å². The molecular weight excluding hydrogens is 306 g/mol. The van der Waals surface area contributed by atoms with Crippen LogP contribution in [0.4, 0.5) is 0 Å². The molecule has 0 aliphatic heterocycles. The van der Waals surface area contributed by atoms with Gasteiger partial charge in [-0.2, -0.15) is 0 Å². The molecule has 1 heterocycles. The van der Waals surface area contributed by atoms with E-state index in [1.165, 1.54) is 11.3 Å². The molecule has 3 rings (SSSR count). The number of benzene rings is 2. The Morgan fingerprint density at radius 2 is 1.90 bits per heavy atom. The van der Waals surface area contributed by atoms with E-state index in [4.69, 9.17) is 11.6 Å². The summed E-state index contributed by atoms with van der Waals surface area (Å²) in [7, 11) is 0. The van der Waals surface area contributed by atoms with Gasteiger partial charge in [-0.1, -0.05) is 23.7 Å². The lowest BCUT2D eigenvalue weighted by Gasteiger charge is -2.08. The number of fused-ring (bicyclic) bond motifs is 1. The number of hydrogen-bond donors (Lipinski definition) is 2. The normalized spacial score (nSPS) is 10.7. The Morgan fingerprint density at radius 3 is 2.67 bits per heavy atom. The zero-order chi connectivity index (χ0) is 14.8. The summed E-state index contributed by atoms with van der Waals surface area (Å²) < 4.78 is 0.960. The molecule has 21 heavy (non-hydrogen) atoms. The fourth-order valence-corrected chi connectivity index (χ4v) is 3.01. The second-order valence-corrected chi connectivity index (χ2v) is 5.99. The van der Waals surface area contributed by atoms with E-state index in [1.807, 2.05) is 29.6 Å². The van der Waals surface area contributed by atoms with Gasteiger partial charge in [0.05, 0.1) is 5.56 Å². The molecule has 0 radical (unpaired) electrons. The number of nitrogens with one attached hydrogen (secondary N) is 1. The monoisotopic (exact) mass is 317 g/mol. The summed E-state index contributed by atoms with van der Waals surface area (Å²) in [5.41, 5.74) is 1.23. The number of aromatic hydroxyl groups is 1. The zero-order valence-electron chi connectivity index (χ0n) is 11.0. The molecule has 0 spiro atoms. The van der Waals surface area contributed by atoms with Gasteiger partial charge < -0.3 is 10.4 Å². The van der Waals surface area contributed by atoms with Crippen LogP contribution in [0, 0.1) is 0 Å². The zero-order valence-corrected chi connectivity index (χ0v) is 12.5. The van der Waals surface area contributed by atoms with Gasteiger partial charge in [0.25, 0.3) is 5.91 Å². The van der Waals surface area contributed by atoms with Crippen molar-refractivity contribution in [1.29, 1.82) is 0 Å². The molecule has 0 aliphatic carbocycles. The smallest absolute Gasteiger partial charge is 0.255 e. The van der Waals surface area contributed by atoms with E-state index >= 15 is 0 Å². The molecule has 0 bridgehead atoms. The number of thiophene rings is 1. The molecule has 5 heteroatoms. The van der Waals surface area contributed by atoms with E-state index in [-0.39, 0.29) is 17.2 Å². The Kier molecular flexibility index (Phi) is 3.82. The van der Waals surface area contributed by atoms with Gasteiger partial charge >= 0.3 is 0 Å². The number of carbonyl (C=O) groups excluding carboxylic acids is 1. The molecule has 2 N–H and O–H groups in total. The largest absolute Gasteiger partial charge is 0.506 e. The van der Waals surface area contributed by atoms with Crippen LogP contribution in [0.2, 0.25) is 5.02 Å². The highest BCUT2D eigenvalue weighted by Crippen LogP contribution is 2.32. The fourth-order valence-electron chi connectivity index (χ4n) is 2.09. The molecule has 1 aromatic heterocycles. The summed E-state index contributed by atoms with van der Waals surface area (Å²) in [6, 6.07) is 12.6. The molecule has 0 unspecified atom stereocenters. The second-order valence-electron chi connectivity index (χ2n) is 4.60. The van der Waals surface area contributed by atoms with Crippen molar-refractivity contribution in [1.82, 2.24) is 5.32 Å². The number of rotatable bonds is 3. The predicted molar refractivity (Wildman–Crippen MR) is 86.1 cm³/mol. The highest BCUT2D eigenvalue weighted by molar-refractivity contribution is 7.17. The van der Waals surface area contributed by atoms with Crippen molar-refractivity contribution in [3.63, 3.8) is 0 Å². The van der Waals surface area contributed by atoms with Gasteiger partial charge in [0.15, 0.2) is 0 Å². The van der Waals surface area contributed by atoms with E-state index in [1.54, 1.807) is 18.2 Å². The first-order valence-electron chi connectivity index (χ1n) is 6.37. The van der Waals surface area contributed by atoms with Crippen molar-refractivity contribution in [3.8, 4) is 5.75 Å². The van der Waals surface area contributed by atoms with Crippen LogP contribution in [0.15, 0.2) is 47.8 Å². The Hall–Kier alpha value is -2.04. The maximum Gasteiger partial charge on any atom is 0.255 e. The molecular formula is C16H12ClNO2S. The summed E-state index contributed by atoms with van der Waals surface area (Å²) in [4.78, 5) is 12.2. The lowest BCUT2D eigenvalue weighted by atomic mass is 10.1. The molecule has 106 valence electrons. The number of amides is 1. The molecule has 0 atom stereocenters. The van der Waals surface area contributed by atoms with Gasteiger partial charge in [-0.25, -0.2) is 0 Å². The number of phenols is 1. The van der Waals surface area contributed by atoms with Crippen LogP contribution < -0.4 is 5.32 Å². The molecule has 0 aliphatic rings. The summed E-state index contributed by atoms with van der Waals surface area (Å²) in [5, 5.41) is 16.2. The standard InChI is InChI=1S/C16H12ClNO2S/c17-11-3-1-10(2-4-11)9-18-16(20)13-5-6-14-12(15(13)19)7-8-21-14/h1-8,19H,9H2,(H,18,20). The third-order valence-electron chi connectivity index (χ3n) is 3.22. The first-order chi connectivity index (χ1) is 10.1. The van der Waals surface area contributed by atoms with Crippen molar-refractivity contribution in [2.45, 2.75) is 6.54 Å². The highest BCUT2D eigenvalue weighted by Gasteiger charge is 2.14. The first kappa shape index (κ1) is 13.9. The highest BCUT2D eigenvalue weighted by atomic mass is 35.5. The minimum atomic E-state index is -0.296. The summed E-state index contributed by atoms with van der Waals surface area (Å²) in [6.45, 7) is 0.386. The average molecular weight is 318 g/mol. The minimum Gasteiger partial charge on any atom is -0.506 e. The molecule has 3 aromatic rings. The molecule has 0 fully saturated rings. The lowest BCUT2D eigenvalue weighted by molar-refractivity contribution is 0.0948. The predicted octanol–water partition coefficient (Wildman–Crippen LogP) is 4.19. The topological polar surface area (TPSA) is 49.3 Å². The summed E-state index contributed by atoms with van der Waals surface area (Å²) in [6.07, 6.45) is 0. The molecule has 0 saturated heterocycles. The molecule has 3 nitrogen and oxygen atoms in total. The van der Waals surface area contributed by atoms with Gasteiger partial charge in [-0.3, -0.25) is 4.79 Å². The average Bonchev–Trinajstić information content (AvgIpc) is 2.96. The molecule has 0 saturated carbocycles. The molecule has 2 aromatic carbocycles. The number of carbonyl (C=O) groups is 1. The van der Waals surface area contributed by atoms with Gasteiger partial charge in [0.2, 0.25) is 0 Å². The number of halogens is 1. The van der Waals surface area contributed by atoms with Crippen LogP contribution >= 0.6 is 22.9 Å². The van der Waals surface area contributed by atoms with E-state index in [0.717, 1.165) is 10.3 Å². The quantitative estimate of drug-likeness (QED) is 0.761. The first-order valence-corrected chi connectivity index (χ1v) is 7.63. The Labute approximate surface area is 130 Å². The summed E-state index contributed by atoms with van der Waals surface area (Å²) in [5.74, 6) is -0.266. The van der Waals surface area contributed by atoms with E-state index in [9.17, 15) is 9.90 Å².